The van der Waals surface area contributed by atoms with Crippen LogP contribution >= 0.6 is 0 Å². The van der Waals surface area contributed by atoms with Gasteiger partial charge >= 0.3 is 0 Å². The molecule has 5 heteroatoms. The van der Waals surface area contributed by atoms with Crippen LogP contribution in [0.4, 0.5) is 0 Å². The number of hydrazine groups is 1. The highest BCUT2D eigenvalue weighted by Crippen LogP contribution is 1.99. The molecule has 1 aromatic carbocycles. The molecule has 5 nitrogen and oxygen atoms in total. The fourth-order valence-corrected chi connectivity index (χ4v) is 0.982. The van der Waals surface area contributed by atoms with Gasteiger partial charge in [-0.2, -0.15) is 0 Å². The summed E-state index contributed by atoms with van der Waals surface area (Å²) in [6.07, 6.45) is 0.384. The molecule has 0 atom stereocenters. The van der Waals surface area contributed by atoms with Gasteiger partial charge in [-0.05, 0) is 5.56 Å². The number of amides is 2. The van der Waals surface area contributed by atoms with Crippen LogP contribution < -0.4 is 10.9 Å². The van der Waals surface area contributed by atoms with E-state index in [-0.39, 0.29) is 6.61 Å². The third-order valence-electron chi connectivity index (χ3n) is 1.62. The Balaban J connectivity index is 2.16. The summed E-state index contributed by atoms with van der Waals surface area (Å²) in [4.78, 5) is 20.8. The SMILES string of the molecule is O=CNNC(=O)COCc1ccccc1. The van der Waals surface area contributed by atoms with Crippen molar-refractivity contribution in [2.24, 2.45) is 0 Å². The van der Waals surface area contributed by atoms with E-state index in [9.17, 15) is 9.59 Å². The van der Waals surface area contributed by atoms with Gasteiger partial charge in [0, 0.05) is 0 Å². The normalized spacial score (nSPS) is 9.33. The first-order chi connectivity index (χ1) is 7.33. The van der Waals surface area contributed by atoms with Crippen molar-refractivity contribution in [2.75, 3.05) is 6.61 Å². The molecular formula is C10H12N2O3. The van der Waals surface area contributed by atoms with Gasteiger partial charge in [-0.1, -0.05) is 30.3 Å². The number of carbonyl (C=O) groups is 2. The van der Waals surface area contributed by atoms with Crippen LogP contribution in [0.2, 0.25) is 0 Å². The molecule has 0 heterocycles. The first-order valence-electron chi connectivity index (χ1n) is 4.42. The number of hydrogen-bond donors (Lipinski definition) is 2. The van der Waals surface area contributed by atoms with Crippen LogP contribution in [0.25, 0.3) is 0 Å². The van der Waals surface area contributed by atoms with Gasteiger partial charge in [0.05, 0.1) is 6.61 Å². The second-order valence-electron chi connectivity index (χ2n) is 2.79. The van der Waals surface area contributed by atoms with Crippen molar-refractivity contribution in [2.45, 2.75) is 6.61 Å². The fourth-order valence-electron chi connectivity index (χ4n) is 0.982. The smallest absolute Gasteiger partial charge is 0.264 e. The van der Waals surface area contributed by atoms with Gasteiger partial charge < -0.3 is 4.74 Å². The van der Waals surface area contributed by atoms with Gasteiger partial charge in [-0.15, -0.1) is 0 Å². The van der Waals surface area contributed by atoms with Crippen LogP contribution in [-0.2, 0) is 20.9 Å². The van der Waals surface area contributed by atoms with E-state index >= 15 is 0 Å². The Kier molecular flexibility index (Phi) is 4.89. The highest BCUT2D eigenvalue weighted by atomic mass is 16.5. The maximum absolute atomic E-state index is 10.9. The Hall–Kier alpha value is -1.88. The molecule has 1 rings (SSSR count). The molecule has 2 N–H and O–H groups in total. The maximum Gasteiger partial charge on any atom is 0.264 e. The summed E-state index contributed by atoms with van der Waals surface area (Å²) < 4.78 is 5.11. The molecule has 0 fully saturated rings. The Morgan fingerprint density at radius 3 is 2.73 bits per heavy atom. The van der Waals surface area contributed by atoms with Gasteiger partial charge in [0.2, 0.25) is 6.41 Å². The van der Waals surface area contributed by atoms with Crippen molar-refractivity contribution in [1.29, 1.82) is 0 Å². The van der Waals surface area contributed by atoms with E-state index in [1.54, 1.807) is 0 Å². The number of rotatable bonds is 6. The quantitative estimate of drug-likeness (QED) is 0.510. The van der Waals surface area contributed by atoms with Crippen LogP contribution in [0.15, 0.2) is 30.3 Å². The summed E-state index contributed by atoms with van der Waals surface area (Å²) in [6, 6.07) is 9.51. The number of carbonyl (C=O) groups excluding carboxylic acids is 2. The van der Waals surface area contributed by atoms with Gasteiger partial charge in [-0.25, -0.2) is 0 Å². The monoisotopic (exact) mass is 208 g/mol. The van der Waals surface area contributed by atoms with Gasteiger partial charge in [0.15, 0.2) is 0 Å². The first-order valence-corrected chi connectivity index (χ1v) is 4.42. The number of benzene rings is 1. The van der Waals surface area contributed by atoms with Crippen LogP contribution in [0.5, 0.6) is 0 Å². The third-order valence-corrected chi connectivity index (χ3v) is 1.62. The molecule has 80 valence electrons. The molecular weight excluding hydrogens is 196 g/mol. The van der Waals surface area contributed by atoms with Crippen molar-refractivity contribution in [1.82, 2.24) is 10.9 Å². The predicted octanol–water partition coefficient (Wildman–Crippen LogP) is -0.0196. The van der Waals surface area contributed by atoms with Gasteiger partial charge in [0.1, 0.15) is 6.61 Å². The molecule has 1 aromatic rings. The van der Waals surface area contributed by atoms with E-state index in [1.807, 2.05) is 35.8 Å². The molecule has 0 aliphatic heterocycles. The second kappa shape index (κ2) is 6.56. The van der Waals surface area contributed by atoms with Crippen LogP contribution in [-0.4, -0.2) is 18.9 Å². The largest absolute Gasteiger partial charge is 0.367 e. The lowest BCUT2D eigenvalue weighted by molar-refractivity contribution is -0.129. The van der Waals surface area contributed by atoms with Crippen LogP contribution in [0.3, 0.4) is 0 Å². The molecule has 0 spiro atoms. The Labute approximate surface area is 87.4 Å². The number of nitrogens with one attached hydrogen (secondary N) is 2. The molecule has 0 bridgehead atoms. The van der Waals surface area contributed by atoms with Crippen molar-refractivity contribution in [3.63, 3.8) is 0 Å². The van der Waals surface area contributed by atoms with Crippen LogP contribution in [0, 0.1) is 0 Å². The molecule has 0 aromatic heterocycles. The average Bonchev–Trinajstić information content (AvgIpc) is 2.28. The minimum Gasteiger partial charge on any atom is -0.367 e. The Bertz CT molecular complexity index is 314. The predicted molar refractivity (Wildman–Crippen MR) is 53.4 cm³/mol. The maximum atomic E-state index is 10.9. The highest BCUT2D eigenvalue weighted by molar-refractivity contribution is 5.77. The van der Waals surface area contributed by atoms with E-state index in [0.29, 0.717) is 13.0 Å². The van der Waals surface area contributed by atoms with E-state index < -0.39 is 5.91 Å². The zero-order valence-electron chi connectivity index (χ0n) is 8.10. The molecule has 0 radical (unpaired) electrons. The number of ether oxygens (including phenoxy) is 1. The van der Waals surface area contributed by atoms with Crippen LogP contribution in [0.1, 0.15) is 5.56 Å². The van der Waals surface area contributed by atoms with Gasteiger partial charge in [-0.3, -0.25) is 20.4 Å². The average molecular weight is 208 g/mol. The summed E-state index contributed by atoms with van der Waals surface area (Å²) in [5, 5.41) is 0. The molecule has 0 aliphatic rings. The Morgan fingerprint density at radius 2 is 2.07 bits per heavy atom. The van der Waals surface area contributed by atoms with Gasteiger partial charge in [0.25, 0.3) is 5.91 Å². The van der Waals surface area contributed by atoms with E-state index in [4.69, 9.17) is 4.74 Å². The van der Waals surface area contributed by atoms with Crippen molar-refractivity contribution >= 4 is 12.3 Å². The third kappa shape index (κ3) is 4.78. The van der Waals surface area contributed by atoms with Crippen molar-refractivity contribution in [3.8, 4) is 0 Å². The summed E-state index contributed by atoms with van der Waals surface area (Å²) in [5.41, 5.74) is 5.17. The molecule has 2 amide bonds. The number of hydrogen-bond acceptors (Lipinski definition) is 3. The molecule has 0 aliphatic carbocycles. The topological polar surface area (TPSA) is 67.4 Å². The standard InChI is InChI=1S/C10H12N2O3/c13-8-11-12-10(14)7-15-6-9-4-2-1-3-5-9/h1-5,8H,6-7H2,(H,11,13)(H,12,14). The Morgan fingerprint density at radius 1 is 1.33 bits per heavy atom. The molecule has 0 saturated carbocycles. The lowest BCUT2D eigenvalue weighted by Gasteiger charge is -2.04. The molecule has 15 heavy (non-hydrogen) atoms. The fraction of sp³-hybridized carbons (Fsp3) is 0.200. The lowest BCUT2D eigenvalue weighted by atomic mass is 10.2. The highest BCUT2D eigenvalue weighted by Gasteiger charge is 1.99. The zero-order chi connectivity index (χ0) is 10.9. The van der Waals surface area contributed by atoms with Crippen molar-refractivity contribution in [3.05, 3.63) is 35.9 Å². The summed E-state index contributed by atoms with van der Waals surface area (Å²) in [7, 11) is 0. The molecule has 0 saturated heterocycles. The minimum atomic E-state index is -0.391. The molecule has 0 unspecified atom stereocenters. The van der Waals surface area contributed by atoms with E-state index in [2.05, 4.69) is 5.43 Å². The summed E-state index contributed by atoms with van der Waals surface area (Å²) in [5.74, 6) is -0.391. The second-order valence-corrected chi connectivity index (χ2v) is 2.79. The summed E-state index contributed by atoms with van der Waals surface area (Å²) >= 11 is 0. The summed E-state index contributed by atoms with van der Waals surface area (Å²) in [6.45, 7) is 0.283. The lowest BCUT2D eigenvalue weighted by Crippen LogP contribution is -2.38. The minimum absolute atomic E-state index is 0.0876. The zero-order valence-corrected chi connectivity index (χ0v) is 8.10. The van der Waals surface area contributed by atoms with E-state index in [1.165, 1.54) is 0 Å². The van der Waals surface area contributed by atoms with Crippen molar-refractivity contribution < 1.29 is 14.3 Å². The first kappa shape index (κ1) is 11.2. The van der Waals surface area contributed by atoms with E-state index in [0.717, 1.165) is 5.56 Å².